The predicted molar refractivity (Wildman–Crippen MR) is 138 cm³/mol. The standard InChI is InChI=1S/C23H29ClN8O2S/c1-30(2)35(33,34)21-6-4-3-5-20(21)28-22-19(24)15-26-23(29-22)27-18-9-7-17(8-10-18)16-31-11-13-32(25)14-12-31/h3-10,15H,11-14,16,25H2,1-2H3,(H2,26,27,28,29). The zero-order valence-corrected chi connectivity index (χ0v) is 21.2. The third kappa shape index (κ3) is 6.26. The van der Waals surface area contributed by atoms with E-state index in [1.807, 2.05) is 17.1 Å². The number of sulfonamides is 1. The van der Waals surface area contributed by atoms with Crippen molar-refractivity contribution in [3.05, 3.63) is 65.3 Å². The van der Waals surface area contributed by atoms with Crippen molar-refractivity contribution in [2.24, 2.45) is 5.84 Å². The summed E-state index contributed by atoms with van der Waals surface area (Å²) in [5, 5.41) is 8.32. The van der Waals surface area contributed by atoms with Gasteiger partial charge in [0.05, 0.1) is 11.9 Å². The summed E-state index contributed by atoms with van der Waals surface area (Å²) in [6.45, 7) is 4.51. The third-order valence-electron chi connectivity index (χ3n) is 5.67. The number of benzene rings is 2. The molecule has 1 aliphatic heterocycles. The quantitative estimate of drug-likeness (QED) is 0.388. The van der Waals surface area contributed by atoms with Crippen molar-refractivity contribution in [3.63, 3.8) is 0 Å². The van der Waals surface area contributed by atoms with Crippen LogP contribution in [0.1, 0.15) is 5.56 Å². The molecule has 2 heterocycles. The highest BCUT2D eigenvalue weighted by atomic mass is 35.5. The van der Waals surface area contributed by atoms with Gasteiger partial charge in [-0.05, 0) is 29.8 Å². The molecule has 3 aromatic rings. The van der Waals surface area contributed by atoms with Gasteiger partial charge in [-0.1, -0.05) is 35.9 Å². The molecule has 0 bridgehead atoms. The maximum absolute atomic E-state index is 12.7. The summed E-state index contributed by atoms with van der Waals surface area (Å²) in [6, 6.07) is 14.7. The first-order valence-corrected chi connectivity index (χ1v) is 12.9. The van der Waals surface area contributed by atoms with Crippen LogP contribution in [0, 0.1) is 0 Å². The molecule has 1 aliphatic rings. The summed E-state index contributed by atoms with van der Waals surface area (Å²) in [7, 11) is -0.693. The molecule has 4 rings (SSSR count). The van der Waals surface area contributed by atoms with E-state index in [9.17, 15) is 8.42 Å². The van der Waals surface area contributed by atoms with Gasteiger partial charge >= 0.3 is 0 Å². The maximum Gasteiger partial charge on any atom is 0.244 e. The smallest absolute Gasteiger partial charge is 0.244 e. The molecule has 1 fully saturated rings. The number of hydrogen-bond acceptors (Lipinski definition) is 9. The highest BCUT2D eigenvalue weighted by Gasteiger charge is 2.22. The SMILES string of the molecule is CN(C)S(=O)(=O)c1ccccc1Nc1nc(Nc2ccc(CN3CCN(N)CC3)cc2)ncc1Cl. The van der Waals surface area contributed by atoms with Crippen molar-refractivity contribution in [1.29, 1.82) is 0 Å². The van der Waals surface area contributed by atoms with Gasteiger partial charge in [0, 0.05) is 52.5 Å². The van der Waals surface area contributed by atoms with Crippen LogP contribution in [-0.2, 0) is 16.6 Å². The molecule has 1 aromatic heterocycles. The second-order valence-electron chi connectivity index (χ2n) is 8.43. The summed E-state index contributed by atoms with van der Waals surface area (Å²) >= 11 is 6.31. The number of hydrazine groups is 1. The zero-order valence-electron chi connectivity index (χ0n) is 19.6. The molecule has 2 aromatic carbocycles. The molecule has 0 aliphatic carbocycles. The molecule has 0 amide bonds. The molecule has 0 radical (unpaired) electrons. The van der Waals surface area contributed by atoms with Crippen molar-refractivity contribution in [3.8, 4) is 0 Å². The van der Waals surface area contributed by atoms with Crippen LogP contribution in [0.25, 0.3) is 0 Å². The Morgan fingerprint density at radius 1 is 1.03 bits per heavy atom. The number of piperazine rings is 1. The molecule has 0 unspecified atom stereocenters. The Kier molecular flexibility index (Phi) is 7.85. The minimum atomic E-state index is -3.66. The summed E-state index contributed by atoms with van der Waals surface area (Å²) in [5.41, 5.74) is 2.40. The van der Waals surface area contributed by atoms with Crippen LogP contribution >= 0.6 is 11.6 Å². The van der Waals surface area contributed by atoms with Crippen molar-refractivity contribution in [2.75, 3.05) is 50.9 Å². The van der Waals surface area contributed by atoms with Crippen LogP contribution < -0.4 is 16.5 Å². The van der Waals surface area contributed by atoms with E-state index in [1.54, 1.807) is 18.2 Å². The van der Waals surface area contributed by atoms with Gasteiger partial charge in [0.25, 0.3) is 0 Å². The van der Waals surface area contributed by atoms with Gasteiger partial charge in [0.2, 0.25) is 16.0 Å². The number of hydrogen-bond donors (Lipinski definition) is 3. The molecule has 1 saturated heterocycles. The highest BCUT2D eigenvalue weighted by Crippen LogP contribution is 2.29. The molecule has 186 valence electrons. The summed E-state index contributed by atoms with van der Waals surface area (Å²) in [6.07, 6.45) is 1.47. The molecule has 35 heavy (non-hydrogen) atoms. The van der Waals surface area contributed by atoms with E-state index in [0.717, 1.165) is 42.7 Å². The lowest BCUT2D eigenvalue weighted by Gasteiger charge is -2.31. The van der Waals surface area contributed by atoms with Crippen LogP contribution in [0.3, 0.4) is 0 Å². The summed E-state index contributed by atoms with van der Waals surface area (Å²) < 4.78 is 26.6. The van der Waals surface area contributed by atoms with E-state index in [4.69, 9.17) is 17.4 Å². The van der Waals surface area contributed by atoms with Crippen LogP contribution in [0.2, 0.25) is 5.02 Å². The third-order valence-corrected chi connectivity index (χ3v) is 7.82. The lowest BCUT2D eigenvalue weighted by molar-refractivity contribution is 0.128. The molecule has 4 N–H and O–H groups in total. The summed E-state index contributed by atoms with van der Waals surface area (Å²) in [4.78, 5) is 11.2. The minimum absolute atomic E-state index is 0.123. The van der Waals surface area contributed by atoms with Gasteiger partial charge in [-0.2, -0.15) is 4.98 Å². The Labute approximate surface area is 210 Å². The van der Waals surface area contributed by atoms with Gasteiger partial charge in [-0.15, -0.1) is 0 Å². The number of anilines is 4. The van der Waals surface area contributed by atoms with Gasteiger partial charge in [-0.25, -0.2) is 22.7 Å². The molecule has 12 heteroatoms. The molecular formula is C23H29ClN8O2S. The average Bonchev–Trinajstić information content (AvgIpc) is 2.84. The van der Waals surface area contributed by atoms with Gasteiger partial charge in [-0.3, -0.25) is 10.7 Å². The van der Waals surface area contributed by atoms with Crippen LogP contribution in [-0.4, -0.2) is 72.9 Å². The first-order chi connectivity index (χ1) is 16.7. The van der Waals surface area contributed by atoms with Crippen LogP contribution in [0.15, 0.2) is 59.6 Å². The van der Waals surface area contributed by atoms with Gasteiger partial charge in [0.1, 0.15) is 9.92 Å². The molecule has 10 nitrogen and oxygen atoms in total. The lowest BCUT2D eigenvalue weighted by Crippen LogP contribution is -2.48. The number of nitrogens with two attached hydrogens (primary N) is 1. The average molecular weight is 517 g/mol. The zero-order chi connectivity index (χ0) is 25.0. The van der Waals surface area contributed by atoms with E-state index in [0.29, 0.717) is 17.5 Å². The Balaban J connectivity index is 1.47. The van der Waals surface area contributed by atoms with Gasteiger partial charge < -0.3 is 10.6 Å². The first-order valence-electron chi connectivity index (χ1n) is 11.1. The van der Waals surface area contributed by atoms with E-state index in [2.05, 4.69) is 37.6 Å². The fraction of sp³-hybridized carbons (Fsp3) is 0.304. The van der Waals surface area contributed by atoms with Crippen molar-refractivity contribution in [1.82, 2.24) is 24.2 Å². The molecule has 0 saturated carbocycles. The fourth-order valence-corrected chi connectivity index (χ4v) is 4.82. The number of nitrogens with zero attached hydrogens (tertiary/aromatic N) is 5. The molecule has 0 atom stereocenters. The monoisotopic (exact) mass is 516 g/mol. The maximum atomic E-state index is 12.7. The van der Waals surface area contributed by atoms with Crippen molar-refractivity contribution >= 4 is 44.8 Å². The number of halogens is 1. The topological polar surface area (TPSA) is 120 Å². The van der Waals surface area contributed by atoms with Crippen molar-refractivity contribution < 1.29 is 8.42 Å². The molecule has 0 spiro atoms. The normalized spacial score (nSPS) is 15.3. The minimum Gasteiger partial charge on any atom is -0.338 e. The Bertz CT molecular complexity index is 1260. The van der Waals surface area contributed by atoms with Crippen molar-refractivity contribution in [2.45, 2.75) is 11.4 Å². The number of para-hydroxylation sites is 1. The fourth-order valence-electron chi connectivity index (χ4n) is 3.64. The second-order valence-corrected chi connectivity index (χ2v) is 11.0. The Morgan fingerprint density at radius 2 is 1.71 bits per heavy atom. The van der Waals surface area contributed by atoms with E-state index >= 15 is 0 Å². The number of aromatic nitrogens is 2. The predicted octanol–water partition coefficient (Wildman–Crippen LogP) is 2.86. The highest BCUT2D eigenvalue weighted by molar-refractivity contribution is 7.89. The Hall–Kier alpha value is -2.80. The van der Waals surface area contributed by atoms with Gasteiger partial charge in [0.15, 0.2) is 5.82 Å². The first kappa shape index (κ1) is 25.3. The van der Waals surface area contributed by atoms with Crippen LogP contribution in [0.4, 0.5) is 23.1 Å². The van der Waals surface area contributed by atoms with Crippen LogP contribution in [0.5, 0.6) is 0 Å². The second kappa shape index (κ2) is 10.9. The number of rotatable bonds is 8. The molecular weight excluding hydrogens is 488 g/mol. The lowest BCUT2D eigenvalue weighted by atomic mass is 10.2. The largest absolute Gasteiger partial charge is 0.338 e. The number of nitrogens with one attached hydrogen (secondary N) is 2. The van der Waals surface area contributed by atoms with E-state index < -0.39 is 10.0 Å². The van der Waals surface area contributed by atoms with E-state index in [1.165, 1.54) is 31.9 Å². The Morgan fingerprint density at radius 3 is 2.40 bits per heavy atom. The summed E-state index contributed by atoms with van der Waals surface area (Å²) in [5.74, 6) is 6.45. The van der Waals surface area contributed by atoms with E-state index in [-0.39, 0.29) is 9.92 Å².